The van der Waals surface area contributed by atoms with E-state index >= 15 is 0 Å². The van der Waals surface area contributed by atoms with E-state index in [1.54, 1.807) is 0 Å². The third-order valence-electron chi connectivity index (χ3n) is 5.89. The van der Waals surface area contributed by atoms with Crippen LogP contribution in [0.4, 0.5) is 0 Å². The lowest BCUT2D eigenvalue weighted by Gasteiger charge is -2.38. The van der Waals surface area contributed by atoms with Crippen molar-refractivity contribution in [2.24, 2.45) is 11.8 Å². The van der Waals surface area contributed by atoms with E-state index in [0.717, 1.165) is 38.1 Å². The molecular formula is C19H37N3O. The fourth-order valence-electron chi connectivity index (χ4n) is 3.86. The van der Waals surface area contributed by atoms with E-state index in [1.807, 2.05) is 18.7 Å². The van der Waals surface area contributed by atoms with Gasteiger partial charge >= 0.3 is 0 Å². The molecule has 2 aliphatic rings. The maximum Gasteiger partial charge on any atom is 0.225 e. The quantitative estimate of drug-likeness (QED) is 0.752. The molecule has 1 amide bonds. The highest BCUT2D eigenvalue weighted by Crippen LogP contribution is 2.23. The third-order valence-corrected chi connectivity index (χ3v) is 5.89. The third kappa shape index (κ3) is 5.46. The first kappa shape index (κ1) is 18.7. The molecule has 2 fully saturated rings. The average Bonchev–Trinajstić information content (AvgIpc) is 2.59. The van der Waals surface area contributed by atoms with Crippen LogP contribution in [0.3, 0.4) is 0 Å². The molecule has 2 heterocycles. The zero-order valence-electron chi connectivity index (χ0n) is 15.8. The predicted molar refractivity (Wildman–Crippen MR) is 96.5 cm³/mol. The summed E-state index contributed by atoms with van der Waals surface area (Å²) in [6.07, 6.45) is 5.35. The maximum atomic E-state index is 12.0. The summed E-state index contributed by atoms with van der Waals surface area (Å²) in [7, 11) is 0. The zero-order chi connectivity index (χ0) is 16.8. The summed E-state index contributed by atoms with van der Waals surface area (Å²) in [5.41, 5.74) is 0. The van der Waals surface area contributed by atoms with E-state index in [0.29, 0.717) is 5.91 Å². The van der Waals surface area contributed by atoms with Crippen LogP contribution in [0.1, 0.15) is 53.4 Å². The van der Waals surface area contributed by atoms with Crippen LogP contribution in [0.25, 0.3) is 0 Å². The number of nitrogens with zero attached hydrogens (tertiary/aromatic N) is 3. The SMILES string of the molecule is CCC(C)N1CCC(CCN2CCN(C(=O)C(C)C)CC2)CC1. The first-order valence-corrected chi connectivity index (χ1v) is 9.76. The number of hydrogen-bond donors (Lipinski definition) is 0. The fourth-order valence-corrected chi connectivity index (χ4v) is 3.86. The molecule has 0 spiro atoms. The second-order valence-electron chi connectivity index (χ2n) is 7.85. The number of carbonyl (C=O) groups is 1. The van der Waals surface area contributed by atoms with Crippen LogP contribution in [-0.2, 0) is 4.79 Å². The van der Waals surface area contributed by atoms with Crippen molar-refractivity contribution in [3.8, 4) is 0 Å². The van der Waals surface area contributed by atoms with E-state index in [2.05, 4.69) is 23.6 Å². The summed E-state index contributed by atoms with van der Waals surface area (Å²) in [5.74, 6) is 1.37. The van der Waals surface area contributed by atoms with Gasteiger partial charge in [0.05, 0.1) is 0 Å². The number of piperazine rings is 1. The van der Waals surface area contributed by atoms with Crippen LogP contribution in [0.5, 0.6) is 0 Å². The van der Waals surface area contributed by atoms with Gasteiger partial charge in [0, 0.05) is 38.1 Å². The molecule has 2 aliphatic heterocycles. The number of carbonyl (C=O) groups excluding carboxylic acids is 1. The predicted octanol–water partition coefficient (Wildman–Crippen LogP) is 2.69. The number of rotatable bonds is 6. The van der Waals surface area contributed by atoms with Crippen LogP contribution in [0.2, 0.25) is 0 Å². The summed E-state index contributed by atoms with van der Waals surface area (Å²) in [6.45, 7) is 16.4. The molecule has 4 nitrogen and oxygen atoms in total. The molecule has 2 rings (SSSR count). The largest absolute Gasteiger partial charge is 0.340 e. The zero-order valence-corrected chi connectivity index (χ0v) is 15.8. The van der Waals surface area contributed by atoms with Gasteiger partial charge < -0.3 is 9.80 Å². The Balaban J connectivity index is 1.62. The number of amides is 1. The molecule has 0 radical (unpaired) electrons. The highest BCUT2D eigenvalue weighted by molar-refractivity contribution is 5.78. The first-order chi connectivity index (χ1) is 11.0. The Bertz CT molecular complexity index is 356. The molecule has 23 heavy (non-hydrogen) atoms. The highest BCUT2D eigenvalue weighted by Gasteiger charge is 2.25. The maximum absolute atomic E-state index is 12.0. The molecular weight excluding hydrogens is 286 g/mol. The number of piperidine rings is 1. The molecule has 134 valence electrons. The monoisotopic (exact) mass is 323 g/mol. The lowest BCUT2D eigenvalue weighted by molar-refractivity contribution is -0.136. The molecule has 0 aromatic rings. The summed E-state index contributed by atoms with van der Waals surface area (Å²) < 4.78 is 0. The molecule has 0 bridgehead atoms. The summed E-state index contributed by atoms with van der Waals surface area (Å²) in [6, 6.07) is 0.752. The minimum Gasteiger partial charge on any atom is -0.340 e. The van der Waals surface area contributed by atoms with Crippen LogP contribution >= 0.6 is 0 Å². The second kappa shape index (κ2) is 9.03. The Hall–Kier alpha value is -0.610. The molecule has 1 atom stereocenters. The van der Waals surface area contributed by atoms with Gasteiger partial charge in [-0.15, -0.1) is 0 Å². The van der Waals surface area contributed by atoms with Gasteiger partial charge in [-0.1, -0.05) is 20.8 Å². The molecule has 2 saturated heterocycles. The van der Waals surface area contributed by atoms with Gasteiger partial charge in [-0.3, -0.25) is 9.69 Å². The van der Waals surface area contributed by atoms with Gasteiger partial charge in [0.1, 0.15) is 0 Å². The van der Waals surface area contributed by atoms with Crippen LogP contribution in [0.15, 0.2) is 0 Å². The van der Waals surface area contributed by atoms with Crippen molar-refractivity contribution in [3.63, 3.8) is 0 Å². The summed E-state index contributed by atoms with van der Waals surface area (Å²) in [5, 5.41) is 0. The van der Waals surface area contributed by atoms with E-state index in [4.69, 9.17) is 0 Å². The van der Waals surface area contributed by atoms with E-state index < -0.39 is 0 Å². The minimum absolute atomic E-state index is 0.136. The molecule has 0 N–H and O–H groups in total. The van der Waals surface area contributed by atoms with Crippen molar-refractivity contribution in [1.82, 2.24) is 14.7 Å². The van der Waals surface area contributed by atoms with E-state index in [1.165, 1.54) is 45.3 Å². The number of hydrogen-bond acceptors (Lipinski definition) is 3. The van der Waals surface area contributed by atoms with Crippen molar-refractivity contribution in [1.29, 1.82) is 0 Å². The Morgan fingerprint density at radius 1 is 1.00 bits per heavy atom. The standard InChI is InChI=1S/C19H37N3O/c1-5-17(4)21-10-7-18(8-11-21)6-9-20-12-14-22(15-13-20)19(23)16(2)3/h16-18H,5-15H2,1-4H3. The van der Waals surface area contributed by atoms with Crippen molar-refractivity contribution < 1.29 is 4.79 Å². The van der Waals surface area contributed by atoms with Crippen LogP contribution in [0, 0.1) is 11.8 Å². The van der Waals surface area contributed by atoms with Crippen molar-refractivity contribution >= 4 is 5.91 Å². The molecule has 0 saturated carbocycles. The van der Waals surface area contributed by atoms with Gasteiger partial charge in [-0.2, -0.15) is 0 Å². The van der Waals surface area contributed by atoms with Crippen molar-refractivity contribution in [2.45, 2.75) is 59.4 Å². The Morgan fingerprint density at radius 2 is 1.61 bits per heavy atom. The fraction of sp³-hybridized carbons (Fsp3) is 0.947. The van der Waals surface area contributed by atoms with E-state index in [-0.39, 0.29) is 5.92 Å². The van der Waals surface area contributed by atoms with Gasteiger partial charge in [-0.25, -0.2) is 0 Å². The van der Waals surface area contributed by atoms with Crippen LogP contribution in [-0.4, -0.2) is 72.5 Å². The molecule has 4 heteroatoms. The van der Waals surface area contributed by atoms with Gasteiger partial charge in [0.25, 0.3) is 0 Å². The minimum atomic E-state index is 0.136. The topological polar surface area (TPSA) is 26.8 Å². The van der Waals surface area contributed by atoms with Crippen molar-refractivity contribution in [3.05, 3.63) is 0 Å². The normalized spacial score (nSPS) is 23.4. The van der Waals surface area contributed by atoms with Gasteiger partial charge in [-0.05, 0) is 58.2 Å². The molecule has 1 unspecified atom stereocenters. The van der Waals surface area contributed by atoms with Crippen molar-refractivity contribution in [2.75, 3.05) is 45.8 Å². The molecule has 0 aliphatic carbocycles. The first-order valence-electron chi connectivity index (χ1n) is 9.76. The summed E-state index contributed by atoms with van der Waals surface area (Å²) in [4.78, 5) is 19.3. The lowest BCUT2D eigenvalue weighted by atomic mass is 9.92. The molecule has 0 aromatic heterocycles. The summed E-state index contributed by atoms with van der Waals surface area (Å²) >= 11 is 0. The Morgan fingerprint density at radius 3 is 2.13 bits per heavy atom. The van der Waals surface area contributed by atoms with Crippen LogP contribution < -0.4 is 0 Å². The smallest absolute Gasteiger partial charge is 0.225 e. The second-order valence-corrected chi connectivity index (χ2v) is 7.85. The average molecular weight is 324 g/mol. The Labute approximate surface area is 143 Å². The molecule has 0 aromatic carbocycles. The van der Waals surface area contributed by atoms with Gasteiger partial charge in [0.15, 0.2) is 0 Å². The highest BCUT2D eigenvalue weighted by atomic mass is 16.2. The number of likely N-dealkylation sites (tertiary alicyclic amines) is 1. The Kier molecular flexibility index (Phi) is 7.35. The lowest BCUT2D eigenvalue weighted by Crippen LogP contribution is -2.50. The van der Waals surface area contributed by atoms with Gasteiger partial charge in [0.2, 0.25) is 5.91 Å². The van der Waals surface area contributed by atoms with E-state index in [9.17, 15) is 4.79 Å².